The molecule has 6 heteroatoms. The molecule has 3 heterocycles. The van der Waals surface area contributed by atoms with Gasteiger partial charge in [0, 0.05) is 30.7 Å². The minimum atomic E-state index is -0.0225. The number of rotatable bonds is 4. The van der Waals surface area contributed by atoms with Crippen LogP contribution in [0.2, 0.25) is 5.02 Å². The highest BCUT2D eigenvalue weighted by Crippen LogP contribution is 2.29. The van der Waals surface area contributed by atoms with Gasteiger partial charge in [-0.15, -0.1) is 0 Å². The van der Waals surface area contributed by atoms with Gasteiger partial charge in [0.15, 0.2) is 5.89 Å². The molecule has 2 aromatic heterocycles. The van der Waals surface area contributed by atoms with Gasteiger partial charge in [0.1, 0.15) is 11.5 Å². The molecule has 0 N–H and O–H groups in total. The number of aromatic nitrogens is 2. The second-order valence-corrected chi connectivity index (χ2v) is 7.60. The molecule has 4 rings (SSSR count). The Hall–Kier alpha value is -2.66. The van der Waals surface area contributed by atoms with Crippen molar-refractivity contribution < 1.29 is 9.21 Å². The van der Waals surface area contributed by atoms with E-state index in [0.29, 0.717) is 24.6 Å². The standard InChI is InChI=1S/C22H22ClN3O2/c1-15-6-4-10-24-20(15)22(27)26-11-5-8-17(14-26)21-25-13-18(28-21)12-16-7-2-3-9-19(16)23/h2-4,6-7,9-10,13,17H,5,8,11-12,14H2,1H3/t17-/m0/s1. The van der Waals surface area contributed by atoms with Gasteiger partial charge in [-0.25, -0.2) is 4.98 Å². The third-order valence-electron chi connectivity index (χ3n) is 5.16. The third kappa shape index (κ3) is 3.94. The Morgan fingerprint density at radius 3 is 2.93 bits per heavy atom. The molecule has 1 amide bonds. The lowest BCUT2D eigenvalue weighted by Gasteiger charge is -2.31. The molecule has 0 radical (unpaired) electrons. The number of halogens is 1. The number of oxazole rings is 1. The lowest BCUT2D eigenvalue weighted by atomic mass is 9.97. The summed E-state index contributed by atoms with van der Waals surface area (Å²) in [5.41, 5.74) is 2.43. The zero-order valence-electron chi connectivity index (χ0n) is 15.8. The Kier molecular flexibility index (Phi) is 5.44. The number of piperidine rings is 1. The highest BCUT2D eigenvalue weighted by molar-refractivity contribution is 6.31. The molecular formula is C22H22ClN3O2. The number of likely N-dealkylation sites (tertiary alicyclic amines) is 1. The Morgan fingerprint density at radius 1 is 1.25 bits per heavy atom. The fraction of sp³-hybridized carbons (Fsp3) is 0.318. The number of hydrogen-bond donors (Lipinski definition) is 0. The molecule has 3 aromatic rings. The molecule has 1 atom stereocenters. The van der Waals surface area contributed by atoms with Crippen molar-refractivity contribution in [1.29, 1.82) is 0 Å². The van der Waals surface area contributed by atoms with Crippen LogP contribution in [0.15, 0.2) is 53.2 Å². The summed E-state index contributed by atoms with van der Waals surface area (Å²) >= 11 is 6.24. The van der Waals surface area contributed by atoms with E-state index in [4.69, 9.17) is 16.0 Å². The lowest BCUT2D eigenvalue weighted by molar-refractivity contribution is 0.0691. The molecule has 0 spiro atoms. The van der Waals surface area contributed by atoms with E-state index in [1.54, 1.807) is 12.4 Å². The van der Waals surface area contributed by atoms with Crippen LogP contribution in [-0.4, -0.2) is 33.9 Å². The number of carbonyl (C=O) groups excluding carboxylic acids is 1. The van der Waals surface area contributed by atoms with Crippen LogP contribution in [0.1, 0.15) is 52.0 Å². The zero-order valence-corrected chi connectivity index (χ0v) is 16.5. The van der Waals surface area contributed by atoms with Gasteiger partial charge in [0.25, 0.3) is 5.91 Å². The molecule has 28 heavy (non-hydrogen) atoms. The van der Waals surface area contributed by atoms with Crippen LogP contribution in [-0.2, 0) is 6.42 Å². The fourth-order valence-corrected chi connectivity index (χ4v) is 3.85. The maximum absolute atomic E-state index is 12.9. The Labute approximate surface area is 169 Å². The van der Waals surface area contributed by atoms with Crippen molar-refractivity contribution in [2.45, 2.75) is 32.1 Å². The topological polar surface area (TPSA) is 59.2 Å². The van der Waals surface area contributed by atoms with Crippen LogP contribution in [0.4, 0.5) is 0 Å². The molecule has 0 bridgehead atoms. The van der Waals surface area contributed by atoms with E-state index in [2.05, 4.69) is 9.97 Å². The van der Waals surface area contributed by atoms with Gasteiger partial charge in [-0.3, -0.25) is 9.78 Å². The number of nitrogens with zero attached hydrogens (tertiary/aromatic N) is 3. The number of amides is 1. The summed E-state index contributed by atoms with van der Waals surface area (Å²) in [6, 6.07) is 11.5. The second-order valence-electron chi connectivity index (χ2n) is 7.19. The summed E-state index contributed by atoms with van der Waals surface area (Å²) in [5, 5.41) is 0.723. The van der Waals surface area contributed by atoms with Crippen molar-refractivity contribution in [1.82, 2.24) is 14.9 Å². The van der Waals surface area contributed by atoms with Crippen LogP contribution < -0.4 is 0 Å². The Bertz CT molecular complexity index is 985. The minimum Gasteiger partial charge on any atom is -0.445 e. The number of hydrogen-bond acceptors (Lipinski definition) is 4. The van der Waals surface area contributed by atoms with Crippen molar-refractivity contribution in [3.05, 3.63) is 82.3 Å². The summed E-state index contributed by atoms with van der Waals surface area (Å²) in [6.07, 6.45) is 5.91. The molecule has 1 fully saturated rings. The van der Waals surface area contributed by atoms with Crippen LogP contribution in [0.3, 0.4) is 0 Å². The van der Waals surface area contributed by atoms with Gasteiger partial charge in [-0.05, 0) is 43.0 Å². The van der Waals surface area contributed by atoms with E-state index in [-0.39, 0.29) is 11.8 Å². The SMILES string of the molecule is Cc1cccnc1C(=O)N1CCC[C@H](c2ncc(Cc3ccccc3Cl)o2)C1. The molecular weight excluding hydrogens is 374 g/mol. The molecule has 1 saturated heterocycles. The van der Waals surface area contributed by atoms with Crippen LogP contribution >= 0.6 is 11.6 Å². The highest BCUT2D eigenvalue weighted by atomic mass is 35.5. The van der Waals surface area contributed by atoms with Gasteiger partial charge in [-0.1, -0.05) is 35.9 Å². The van der Waals surface area contributed by atoms with E-state index < -0.39 is 0 Å². The van der Waals surface area contributed by atoms with Gasteiger partial charge in [0.05, 0.1) is 12.1 Å². The van der Waals surface area contributed by atoms with Gasteiger partial charge >= 0.3 is 0 Å². The second kappa shape index (κ2) is 8.15. The molecule has 0 unspecified atom stereocenters. The number of aryl methyl sites for hydroxylation is 1. The summed E-state index contributed by atoms with van der Waals surface area (Å²) < 4.78 is 6.02. The van der Waals surface area contributed by atoms with Crippen LogP contribution in [0, 0.1) is 6.92 Å². The number of carbonyl (C=O) groups is 1. The summed E-state index contributed by atoms with van der Waals surface area (Å²) in [7, 11) is 0. The maximum atomic E-state index is 12.9. The van der Waals surface area contributed by atoms with Crippen LogP contribution in [0.5, 0.6) is 0 Å². The first kappa shape index (κ1) is 18.7. The predicted octanol–water partition coefficient (Wildman–Crippen LogP) is 4.64. The first-order valence-electron chi connectivity index (χ1n) is 9.50. The van der Waals surface area contributed by atoms with E-state index in [0.717, 1.165) is 41.3 Å². The fourth-order valence-electron chi connectivity index (χ4n) is 3.65. The molecule has 1 aliphatic heterocycles. The van der Waals surface area contributed by atoms with E-state index in [9.17, 15) is 4.79 Å². The Balaban J connectivity index is 1.47. The lowest BCUT2D eigenvalue weighted by Crippen LogP contribution is -2.39. The van der Waals surface area contributed by atoms with Crippen molar-refractivity contribution >= 4 is 17.5 Å². The summed E-state index contributed by atoms with van der Waals surface area (Å²) in [5.74, 6) is 1.55. The summed E-state index contributed by atoms with van der Waals surface area (Å²) in [6.45, 7) is 3.25. The molecule has 1 aliphatic rings. The Morgan fingerprint density at radius 2 is 2.11 bits per heavy atom. The number of benzene rings is 1. The summed E-state index contributed by atoms with van der Waals surface area (Å²) in [4.78, 5) is 23.5. The van der Waals surface area contributed by atoms with Crippen molar-refractivity contribution in [3.8, 4) is 0 Å². The van der Waals surface area contributed by atoms with Gasteiger partial charge in [0.2, 0.25) is 0 Å². The quantitative estimate of drug-likeness (QED) is 0.645. The first-order chi connectivity index (χ1) is 13.6. The first-order valence-corrected chi connectivity index (χ1v) is 9.88. The minimum absolute atomic E-state index is 0.0225. The normalized spacial score (nSPS) is 16.9. The molecule has 0 aliphatic carbocycles. The molecule has 5 nitrogen and oxygen atoms in total. The zero-order chi connectivity index (χ0) is 19.5. The monoisotopic (exact) mass is 395 g/mol. The molecule has 0 saturated carbocycles. The van der Waals surface area contributed by atoms with E-state index >= 15 is 0 Å². The van der Waals surface area contributed by atoms with Crippen molar-refractivity contribution in [2.75, 3.05) is 13.1 Å². The predicted molar refractivity (Wildman–Crippen MR) is 108 cm³/mol. The maximum Gasteiger partial charge on any atom is 0.272 e. The largest absolute Gasteiger partial charge is 0.445 e. The average Bonchev–Trinajstić information content (AvgIpc) is 3.18. The van der Waals surface area contributed by atoms with Gasteiger partial charge < -0.3 is 9.32 Å². The van der Waals surface area contributed by atoms with E-state index in [1.807, 2.05) is 48.2 Å². The van der Waals surface area contributed by atoms with E-state index in [1.165, 1.54) is 0 Å². The molecule has 144 valence electrons. The average molecular weight is 396 g/mol. The van der Waals surface area contributed by atoms with Crippen molar-refractivity contribution in [2.24, 2.45) is 0 Å². The highest BCUT2D eigenvalue weighted by Gasteiger charge is 2.29. The third-order valence-corrected chi connectivity index (χ3v) is 5.53. The van der Waals surface area contributed by atoms with Crippen molar-refractivity contribution in [3.63, 3.8) is 0 Å². The molecule has 1 aromatic carbocycles. The number of pyridine rings is 1. The van der Waals surface area contributed by atoms with Gasteiger partial charge in [-0.2, -0.15) is 0 Å². The van der Waals surface area contributed by atoms with Crippen LogP contribution in [0.25, 0.3) is 0 Å². The smallest absolute Gasteiger partial charge is 0.272 e.